The van der Waals surface area contributed by atoms with Crippen molar-refractivity contribution < 1.29 is 29.0 Å². The Morgan fingerprint density at radius 2 is 1.61 bits per heavy atom. The van der Waals surface area contributed by atoms with E-state index in [9.17, 15) is 24.3 Å². The lowest BCUT2D eigenvalue weighted by molar-refractivity contribution is -0.214. The normalized spacial score (nSPS) is 33.4. The minimum absolute atomic E-state index is 0.0549. The molecule has 5 aliphatic rings. The van der Waals surface area contributed by atoms with E-state index in [-0.39, 0.29) is 46.0 Å². The van der Waals surface area contributed by atoms with Crippen molar-refractivity contribution in [2.45, 2.75) is 152 Å². The monoisotopic (exact) mass is 807 g/mol. The van der Waals surface area contributed by atoms with Gasteiger partial charge in [0.05, 0.1) is 11.8 Å². The van der Waals surface area contributed by atoms with Gasteiger partial charge in [0.15, 0.2) is 5.78 Å². The standard InChI is InChI=1S/C48H71ClN2O6/c1-29(2)41-36(53)25-48(22-23-51(30(3)52)28-31-12-13-33(49)24-32(31)27-50(10)11)21-16-35-34(42(41)48)14-15-38-46(35,8)19-17-37-45(6,7)39(18-20-47(37,38)9)57-40(54)26-44(4,5)43(55)56/h12-13,24,29,34-35,37-39H,14-23,25-28H2,1-11H3,(H,55,56). The van der Waals surface area contributed by atoms with Crippen molar-refractivity contribution in [3.05, 3.63) is 45.5 Å². The van der Waals surface area contributed by atoms with E-state index in [1.165, 1.54) is 5.57 Å². The molecule has 8 atom stereocenters. The summed E-state index contributed by atoms with van der Waals surface area (Å²) in [7, 11) is 4.08. The number of fused-ring (bicyclic) bond motifs is 7. The number of ketones is 1. The van der Waals surface area contributed by atoms with E-state index in [1.54, 1.807) is 20.8 Å². The van der Waals surface area contributed by atoms with Crippen molar-refractivity contribution in [3.8, 4) is 0 Å². The van der Waals surface area contributed by atoms with E-state index < -0.39 is 17.4 Å². The van der Waals surface area contributed by atoms with Gasteiger partial charge in [-0.2, -0.15) is 0 Å². The van der Waals surface area contributed by atoms with Crippen LogP contribution >= 0.6 is 11.6 Å². The van der Waals surface area contributed by atoms with Gasteiger partial charge in [0.1, 0.15) is 6.10 Å². The number of amides is 1. The molecule has 316 valence electrons. The second-order valence-electron chi connectivity index (χ2n) is 21.4. The number of Topliss-reactive ketones (excluding diaryl/α,β-unsaturated/α-hetero) is 1. The fraction of sp³-hybridized carbons (Fsp3) is 0.750. The van der Waals surface area contributed by atoms with E-state index in [0.717, 1.165) is 81.0 Å². The Labute approximate surface area is 347 Å². The highest BCUT2D eigenvalue weighted by atomic mass is 35.5. The average Bonchev–Trinajstić information content (AvgIpc) is 3.40. The number of benzene rings is 1. The Kier molecular flexibility index (Phi) is 12.1. The average molecular weight is 808 g/mol. The lowest BCUT2D eigenvalue weighted by Crippen LogP contribution is -2.63. The van der Waals surface area contributed by atoms with Crippen LogP contribution in [0.1, 0.15) is 144 Å². The lowest BCUT2D eigenvalue weighted by atomic mass is 9.36. The Hall–Kier alpha value is -2.71. The number of ether oxygens (including phenoxy) is 1. The summed E-state index contributed by atoms with van der Waals surface area (Å²) in [5, 5.41) is 10.3. The number of hydrogen-bond donors (Lipinski definition) is 1. The molecule has 1 aromatic carbocycles. The molecule has 5 aliphatic carbocycles. The van der Waals surface area contributed by atoms with Gasteiger partial charge in [-0.1, -0.05) is 64.8 Å². The lowest BCUT2D eigenvalue weighted by Gasteiger charge is -2.69. The number of allylic oxidation sites excluding steroid dienone is 2. The van der Waals surface area contributed by atoms with Gasteiger partial charge in [0.2, 0.25) is 5.91 Å². The molecular weight excluding hydrogens is 736 g/mol. The first kappa shape index (κ1) is 43.9. The summed E-state index contributed by atoms with van der Waals surface area (Å²) in [5.74, 6) is 0.933. The first-order valence-electron chi connectivity index (χ1n) is 21.8. The molecule has 4 saturated carbocycles. The van der Waals surface area contributed by atoms with E-state index in [1.807, 2.05) is 31.1 Å². The molecule has 0 radical (unpaired) electrons. The van der Waals surface area contributed by atoms with Crippen LogP contribution in [0.2, 0.25) is 5.02 Å². The number of carboxylic acids is 1. The Morgan fingerprint density at radius 3 is 2.25 bits per heavy atom. The van der Waals surface area contributed by atoms with Crippen LogP contribution in [0.4, 0.5) is 0 Å². The van der Waals surface area contributed by atoms with Gasteiger partial charge in [-0.15, -0.1) is 0 Å². The fourth-order valence-corrected chi connectivity index (χ4v) is 13.9. The van der Waals surface area contributed by atoms with Crippen LogP contribution in [-0.4, -0.2) is 65.3 Å². The summed E-state index contributed by atoms with van der Waals surface area (Å²) in [5.41, 5.74) is 3.40. The highest BCUT2D eigenvalue weighted by Gasteiger charge is 2.66. The summed E-state index contributed by atoms with van der Waals surface area (Å²) >= 11 is 6.42. The van der Waals surface area contributed by atoms with Crippen molar-refractivity contribution >= 4 is 35.2 Å². The number of rotatable bonds is 12. The smallest absolute Gasteiger partial charge is 0.309 e. The molecule has 0 aromatic heterocycles. The Bertz CT molecular complexity index is 1800. The summed E-state index contributed by atoms with van der Waals surface area (Å²) in [6.45, 7) is 20.8. The van der Waals surface area contributed by atoms with E-state index in [2.05, 4.69) is 52.5 Å². The molecule has 0 bridgehead atoms. The molecule has 0 saturated heterocycles. The zero-order valence-electron chi connectivity index (χ0n) is 36.9. The maximum Gasteiger partial charge on any atom is 0.309 e. The molecule has 0 aliphatic heterocycles. The summed E-state index contributed by atoms with van der Waals surface area (Å²) in [6.07, 6.45) is 9.29. The predicted octanol–water partition coefficient (Wildman–Crippen LogP) is 10.1. The first-order valence-corrected chi connectivity index (χ1v) is 22.2. The van der Waals surface area contributed by atoms with Gasteiger partial charge in [-0.05, 0) is 155 Å². The quantitative estimate of drug-likeness (QED) is 0.210. The molecule has 6 rings (SSSR count). The molecule has 1 amide bonds. The highest BCUT2D eigenvalue weighted by molar-refractivity contribution is 6.30. The van der Waals surface area contributed by atoms with Crippen LogP contribution in [0.15, 0.2) is 29.3 Å². The largest absolute Gasteiger partial charge is 0.481 e. The second kappa shape index (κ2) is 15.7. The van der Waals surface area contributed by atoms with Crippen LogP contribution in [0.3, 0.4) is 0 Å². The third-order valence-corrected chi connectivity index (χ3v) is 16.7. The van der Waals surface area contributed by atoms with Crippen LogP contribution in [0, 0.1) is 56.7 Å². The Balaban J connectivity index is 1.24. The molecule has 8 unspecified atom stereocenters. The van der Waals surface area contributed by atoms with Gasteiger partial charge in [0, 0.05) is 48.8 Å². The van der Waals surface area contributed by atoms with Crippen LogP contribution < -0.4 is 0 Å². The molecule has 1 N–H and O–H groups in total. The number of aliphatic carboxylic acids is 1. The van der Waals surface area contributed by atoms with Crippen molar-refractivity contribution in [1.82, 2.24) is 9.80 Å². The predicted molar refractivity (Wildman–Crippen MR) is 225 cm³/mol. The van der Waals surface area contributed by atoms with Gasteiger partial charge in [-0.3, -0.25) is 19.2 Å². The van der Waals surface area contributed by atoms with Crippen molar-refractivity contribution in [1.29, 1.82) is 0 Å². The minimum Gasteiger partial charge on any atom is -0.481 e. The minimum atomic E-state index is -1.16. The first-order chi connectivity index (χ1) is 26.5. The number of carbonyl (C=O) groups is 4. The molecule has 1 aromatic rings. The molecule has 0 spiro atoms. The highest BCUT2D eigenvalue weighted by Crippen LogP contribution is 2.73. The molecule has 4 fully saturated rings. The SMILES string of the molecule is CC(=O)N(CCC12CCC3C(CCC4C3(C)CCC3C(C)(C)C(OC(=O)CC(C)(C)C(=O)O)CCC34C)C1=C(C(C)C)C(=O)C2)Cc1ccc(Cl)cc1CN(C)C. The third-order valence-electron chi connectivity index (χ3n) is 16.4. The Morgan fingerprint density at radius 1 is 0.930 bits per heavy atom. The molecule has 0 heterocycles. The summed E-state index contributed by atoms with van der Waals surface area (Å²) in [6, 6.07) is 5.98. The third kappa shape index (κ3) is 7.89. The maximum absolute atomic E-state index is 14.2. The van der Waals surface area contributed by atoms with E-state index >= 15 is 0 Å². The van der Waals surface area contributed by atoms with Gasteiger partial charge in [-0.25, -0.2) is 0 Å². The van der Waals surface area contributed by atoms with Gasteiger partial charge < -0.3 is 19.6 Å². The number of nitrogens with zero attached hydrogens (tertiary/aromatic N) is 2. The topological polar surface area (TPSA) is 104 Å². The fourth-order valence-electron chi connectivity index (χ4n) is 13.7. The number of esters is 1. The number of carbonyl (C=O) groups excluding carboxylic acids is 3. The van der Waals surface area contributed by atoms with Crippen molar-refractivity contribution in [2.75, 3.05) is 20.6 Å². The molecule has 57 heavy (non-hydrogen) atoms. The number of halogens is 1. The second-order valence-corrected chi connectivity index (χ2v) is 21.8. The van der Waals surface area contributed by atoms with Crippen LogP contribution in [0.25, 0.3) is 0 Å². The van der Waals surface area contributed by atoms with Crippen LogP contribution in [0.5, 0.6) is 0 Å². The molecule has 9 heteroatoms. The number of carboxylic acid groups (broad SMARTS) is 1. The van der Waals surface area contributed by atoms with Crippen molar-refractivity contribution in [2.24, 2.45) is 56.7 Å². The zero-order chi connectivity index (χ0) is 42.0. The summed E-state index contributed by atoms with van der Waals surface area (Å²) in [4.78, 5) is 56.5. The van der Waals surface area contributed by atoms with E-state index in [4.69, 9.17) is 16.3 Å². The van der Waals surface area contributed by atoms with E-state index in [0.29, 0.717) is 54.0 Å². The summed E-state index contributed by atoms with van der Waals surface area (Å²) < 4.78 is 6.18. The molecule has 8 nitrogen and oxygen atoms in total. The number of hydrogen-bond acceptors (Lipinski definition) is 6. The van der Waals surface area contributed by atoms with Crippen LogP contribution in [-0.2, 0) is 37.0 Å². The maximum atomic E-state index is 14.2. The van der Waals surface area contributed by atoms with Gasteiger partial charge in [0.25, 0.3) is 0 Å². The zero-order valence-corrected chi connectivity index (χ0v) is 37.6. The van der Waals surface area contributed by atoms with Crippen molar-refractivity contribution in [3.63, 3.8) is 0 Å². The molecular formula is C48H71ClN2O6. The van der Waals surface area contributed by atoms with Gasteiger partial charge >= 0.3 is 11.9 Å².